The standard InChI is InChI=1S/C28H23N3O3S/c1-17-7-9-20(15-25(17)32)29-16-23-22-14-19(8-10-24(22)31-27(23)33)12-18-4-2-5-21(13-18)30-28(34)26-6-3-11-35-26/h2-11,13-16,31-33H,12H2,1H3,(H,30,34). The predicted molar refractivity (Wildman–Crippen MR) is 142 cm³/mol. The van der Waals surface area contributed by atoms with Crippen molar-refractivity contribution < 1.29 is 15.0 Å². The maximum absolute atomic E-state index is 12.4. The summed E-state index contributed by atoms with van der Waals surface area (Å²) in [4.78, 5) is 20.5. The molecule has 3 aromatic carbocycles. The lowest BCUT2D eigenvalue weighted by molar-refractivity contribution is 0.103. The van der Waals surface area contributed by atoms with Crippen LogP contribution in [0.15, 0.2) is 83.2 Å². The number of benzene rings is 3. The van der Waals surface area contributed by atoms with Gasteiger partial charge in [0.2, 0.25) is 0 Å². The van der Waals surface area contributed by atoms with Gasteiger partial charge in [-0.15, -0.1) is 11.3 Å². The van der Waals surface area contributed by atoms with E-state index in [0.717, 1.165) is 33.3 Å². The van der Waals surface area contributed by atoms with Gasteiger partial charge in [0, 0.05) is 28.9 Å². The SMILES string of the molecule is Cc1ccc(N=Cc2c(O)[nH]c3ccc(Cc4cccc(NC(=O)c5cccs5)c4)cc23)cc1O. The molecule has 2 aromatic heterocycles. The Labute approximate surface area is 206 Å². The number of aromatic nitrogens is 1. The van der Waals surface area contributed by atoms with E-state index in [0.29, 0.717) is 22.5 Å². The minimum atomic E-state index is -0.118. The number of amides is 1. The molecule has 35 heavy (non-hydrogen) atoms. The summed E-state index contributed by atoms with van der Waals surface area (Å²) in [6.07, 6.45) is 2.26. The number of hydrogen-bond donors (Lipinski definition) is 4. The van der Waals surface area contributed by atoms with Gasteiger partial charge in [0.15, 0.2) is 5.88 Å². The van der Waals surface area contributed by atoms with Crippen LogP contribution in [0.4, 0.5) is 11.4 Å². The minimum absolute atomic E-state index is 0.0375. The zero-order chi connectivity index (χ0) is 24.4. The molecule has 0 aliphatic rings. The number of aromatic hydroxyl groups is 2. The monoisotopic (exact) mass is 481 g/mol. The number of H-pyrrole nitrogens is 1. The molecule has 1 amide bonds. The van der Waals surface area contributed by atoms with Crippen LogP contribution in [0.25, 0.3) is 10.9 Å². The second kappa shape index (κ2) is 9.48. The highest BCUT2D eigenvalue weighted by atomic mass is 32.1. The first-order valence-corrected chi connectivity index (χ1v) is 12.0. The lowest BCUT2D eigenvalue weighted by atomic mass is 10.0. The molecule has 2 heterocycles. The highest BCUT2D eigenvalue weighted by molar-refractivity contribution is 7.12. The lowest BCUT2D eigenvalue weighted by Crippen LogP contribution is -2.10. The number of carbonyl (C=O) groups excluding carboxylic acids is 1. The number of aliphatic imine (C=N–C) groups is 1. The van der Waals surface area contributed by atoms with Crippen LogP contribution < -0.4 is 5.32 Å². The Hall–Kier alpha value is -4.36. The number of anilines is 1. The van der Waals surface area contributed by atoms with Gasteiger partial charge in [-0.05, 0) is 71.8 Å². The molecule has 0 radical (unpaired) electrons. The first-order chi connectivity index (χ1) is 17.0. The van der Waals surface area contributed by atoms with E-state index < -0.39 is 0 Å². The summed E-state index contributed by atoms with van der Waals surface area (Å²) in [6.45, 7) is 1.82. The van der Waals surface area contributed by atoms with Gasteiger partial charge in [-0.25, -0.2) is 0 Å². The number of rotatable bonds is 6. The summed E-state index contributed by atoms with van der Waals surface area (Å²) >= 11 is 1.41. The number of carbonyl (C=O) groups is 1. The second-order valence-electron chi connectivity index (χ2n) is 8.30. The molecule has 0 aliphatic heterocycles. The average molecular weight is 482 g/mol. The Morgan fingerprint density at radius 3 is 2.69 bits per heavy atom. The smallest absolute Gasteiger partial charge is 0.265 e. The van der Waals surface area contributed by atoms with Crippen LogP contribution in [0.3, 0.4) is 0 Å². The van der Waals surface area contributed by atoms with Crippen molar-refractivity contribution in [2.75, 3.05) is 5.32 Å². The molecule has 0 bridgehead atoms. The molecular formula is C28H23N3O3S. The number of phenolic OH excluding ortho intramolecular Hbond substituents is 1. The molecule has 7 heteroatoms. The molecule has 6 nitrogen and oxygen atoms in total. The summed E-state index contributed by atoms with van der Waals surface area (Å²) in [5.74, 6) is 0.0987. The Bertz CT molecular complexity index is 1550. The molecule has 5 aromatic rings. The van der Waals surface area contributed by atoms with Crippen molar-refractivity contribution in [2.45, 2.75) is 13.3 Å². The van der Waals surface area contributed by atoms with E-state index in [1.54, 1.807) is 24.4 Å². The Kier molecular flexibility index (Phi) is 6.08. The Morgan fingerprint density at radius 1 is 1.03 bits per heavy atom. The second-order valence-corrected chi connectivity index (χ2v) is 9.25. The number of hydrogen-bond acceptors (Lipinski definition) is 5. The van der Waals surface area contributed by atoms with Gasteiger partial charge in [0.05, 0.1) is 16.1 Å². The fraction of sp³-hybridized carbons (Fsp3) is 0.0714. The maximum atomic E-state index is 12.4. The quantitative estimate of drug-likeness (QED) is 0.207. The van der Waals surface area contributed by atoms with Crippen LogP contribution in [-0.4, -0.2) is 27.3 Å². The molecule has 0 unspecified atom stereocenters. The number of aromatic amines is 1. The van der Waals surface area contributed by atoms with Crippen molar-refractivity contribution in [3.63, 3.8) is 0 Å². The first kappa shape index (κ1) is 22.4. The number of thiophene rings is 1. The fourth-order valence-corrected chi connectivity index (χ4v) is 4.52. The third-order valence-corrected chi connectivity index (χ3v) is 6.62. The number of fused-ring (bicyclic) bond motifs is 1. The van der Waals surface area contributed by atoms with E-state index in [1.165, 1.54) is 11.3 Å². The molecule has 0 atom stereocenters. The van der Waals surface area contributed by atoms with Crippen molar-refractivity contribution in [1.82, 2.24) is 4.98 Å². The van der Waals surface area contributed by atoms with E-state index in [9.17, 15) is 15.0 Å². The van der Waals surface area contributed by atoms with Gasteiger partial charge in [-0.3, -0.25) is 9.79 Å². The molecule has 5 rings (SSSR count). The van der Waals surface area contributed by atoms with Crippen molar-refractivity contribution in [2.24, 2.45) is 4.99 Å². The molecule has 174 valence electrons. The predicted octanol–water partition coefficient (Wildman–Crippen LogP) is 6.54. The van der Waals surface area contributed by atoms with Gasteiger partial charge in [-0.1, -0.05) is 30.3 Å². The number of phenols is 1. The summed E-state index contributed by atoms with van der Waals surface area (Å²) in [5.41, 5.74) is 5.61. The molecule has 0 fully saturated rings. The van der Waals surface area contributed by atoms with Gasteiger partial charge >= 0.3 is 0 Å². The summed E-state index contributed by atoms with van der Waals surface area (Å²) < 4.78 is 0. The average Bonchev–Trinajstić information content (AvgIpc) is 3.48. The van der Waals surface area contributed by atoms with Gasteiger partial charge in [0.25, 0.3) is 5.91 Å². The normalized spacial score (nSPS) is 11.3. The third-order valence-electron chi connectivity index (χ3n) is 5.76. The van der Waals surface area contributed by atoms with E-state index in [1.807, 2.05) is 66.9 Å². The number of nitrogens with zero attached hydrogens (tertiary/aromatic N) is 1. The highest BCUT2D eigenvalue weighted by Crippen LogP contribution is 2.29. The van der Waals surface area contributed by atoms with E-state index >= 15 is 0 Å². The topological polar surface area (TPSA) is 97.7 Å². The zero-order valence-corrected chi connectivity index (χ0v) is 19.8. The number of aryl methyl sites for hydroxylation is 1. The van der Waals surface area contributed by atoms with E-state index in [-0.39, 0.29) is 17.5 Å². The van der Waals surface area contributed by atoms with Crippen LogP contribution >= 0.6 is 11.3 Å². The van der Waals surface area contributed by atoms with Crippen LogP contribution in [0.5, 0.6) is 11.6 Å². The van der Waals surface area contributed by atoms with Crippen molar-refractivity contribution in [3.05, 3.63) is 105 Å². The summed E-state index contributed by atoms with van der Waals surface area (Å²) in [6, 6.07) is 22.6. The van der Waals surface area contributed by atoms with Crippen LogP contribution in [-0.2, 0) is 6.42 Å². The molecule has 0 saturated heterocycles. The zero-order valence-electron chi connectivity index (χ0n) is 18.9. The molecule has 0 saturated carbocycles. The number of nitrogens with one attached hydrogen (secondary N) is 2. The van der Waals surface area contributed by atoms with E-state index in [4.69, 9.17) is 0 Å². The van der Waals surface area contributed by atoms with Crippen molar-refractivity contribution in [3.8, 4) is 11.6 Å². The van der Waals surface area contributed by atoms with Crippen LogP contribution in [0.1, 0.15) is 31.9 Å². The Balaban J connectivity index is 1.38. The minimum Gasteiger partial charge on any atom is -0.508 e. The molecule has 4 N–H and O–H groups in total. The molecule has 0 aliphatic carbocycles. The first-order valence-electron chi connectivity index (χ1n) is 11.1. The third kappa shape index (κ3) is 4.95. The van der Waals surface area contributed by atoms with Gasteiger partial charge < -0.3 is 20.5 Å². The summed E-state index contributed by atoms with van der Waals surface area (Å²) in [7, 11) is 0. The molecular weight excluding hydrogens is 458 g/mol. The van der Waals surface area contributed by atoms with Crippen LogP contribution in [0, 0.1) is 6.92 Å². The Morgan fingerprint density at radius 2 is 1.89 bits per heavy atom. The van der Waals surface area contributed by atoms with Crippen molar-refractivity contribution >= 4 is 45.7 Å². The highest BCUT2D eigenvalue weighted by Gasteiger charge is 2.11. The van der Waals surface area contributed by atoms with Gasteiger partial charge in [0.1, 0.15) is 5.75 Å². The summed E-state index contributed by atoms with van der Waals surface area (Å²) in [5, 5.41) is 26.1. The van der Waals surface area contributed by atoms with Crippen LogP contribution in [0.2, 0.25) is 0 Å². The van der Waals surface area contributed by atoms with Gasteiger partial charge in [-0.2, -0.15) is 0 Å². The van der Waals surface area contributed by atoms with Crippen molar-refractivity contribution in [1.29, 1.82) is 0 Å². The largest absolute Gasteiger partial charge is 0.508 e. The molecule has 0 spiro atoms. The fourth-order valence-electron chi connectivity index (χ4n) is 3.90. The van der Waals surface area contributed by atoms with E-state index in [2.05, 4.69) is 15.3 Å². The lowest BCUT2D eigenvalue weighted by Gasteiger charge is -2.07. The maximum Gasteiger partial charge on any atom is 0.265 e.